The van der Waals surface area contributed by atoms with Gasteiger partial charge >= 0.3 is 0 Å². The number of halogens is 4. The fourth-order valence-electron chi connectivity index (χ4n) is 6.38. The van der Waals surface area contributed by atoms with Gasteiger partial charge in [0.25, 0.3) is 0 Å². The molecule has 2 saturated carbocycles. The number of benzene rings is 2. The molecule has 0 bridgehead atoms. The third-order valence-corrected chi connectivity index (χ3v) is 8.62. The van der Waals surface area contributed by atoms with Crippen LogP contribution in [0.4, 0.5) is 17.6 Å². The molecule has 2 aromatic rings. The number of ether oxygens (including phenoxy) is 1. The Bertz CT molecular complexity index is 1080. The van der Waals surface area contributed by atoms with E-state index in [2.05, 4.69) is 0 Å². The van der Waals surface area contributed by atoms with Crippen LogP contribution >= 0.6 is 0 Å². The zero-order valence-electron chi connectivity index (χ0n) is 19.9. The van der Waals surface area contributed by atoms with E-state index in [1.807, 2.05) is 0 Å². The van der Waals surface area contributed by atoms with Gasteiger partial charge in [-0.05, 0) is 81.6 Å². The first kappa shape index (κ1) is 24.7. The summed E-state index contributed by atoms with van der Waals surface area (Å²) in [4.78, 5) is 0. The van der Waals surface area contributed by atoms with Crippen molar-refractivity contribution in [1.29, 1.82) is 0 Å². The Morgan fingerprint density at radius 1 is 0.800 bits per heavy atom. The van der Waals surface area contributed by atoms with Gasteiger partial charge in [0.1, 0.15) is 6.10 Å². The van der Waals surface area contributed by atoms with Crippen molar-refractivity contribution in [3.8, 4) is 0 Å². The second kappa shape index (κ2) is 9.49. The quantitative estimate of drug-likeness (QED) is 0.360. The highest BCUT2D eigenvalue weighted by molar-refractivity contribution is 5.34. The molecule has 35 heavy (non-hydrogen) atoms. The highest BCUT2D eigenvalue weighted by Gasteiger charge is 2.41. The molecule has 0 radical (unpaired) electrons. The number of hydrogen-bond acceptors (Lipinski definition) is 3. The average Bonchev–Trinajstić information content (AvgIpc) is 3.68. The van der Waals surface area contributed by atoms with Gasteiger partial charge in [0, 0.05) is 16.7 Å². The smallest absolute Gasteiger partial charge is 0.165 e. The summed E-state index contributed by atoms with van der Waals surface area (Å²) < 4.78 is 63.4. The molecule has 3 nitrogen and oxygen atoms in total. The molecule has 5 rings (SSSR count). The fourth-order valence-corrected chi connectivity index (χ4v) is 6.38. The van der Waals surface area contributed by atoms with Crippen molar-refractivity contribution in [2.24, 2.45) is 11.8 Å². The first-order valence-electron chi connectivity index (χ1n) is 12.7. The van der Waals surface area contributed by atoms with E-state index in [0.29, 0.717) is 49.7 Å². The number of aliphatic hydroxyl groups is 2. The predicted molar refractivity (Wildman–Crippen MR) is 123 cm³/mol. The van der Waals surface area contributed by atoms with Gasteiger partial charge < -0.3 is 14.9 Å². The van der Waals surface area contributed by atoms with Crippen LogP contribution in [0.1, 0.15) is 98.7 Å². The number of epoxide rings is 1. The van der Waals surface area contributed by atoms with Crippen LogP contribution in [-0.4, -0.2) is 16.8 Å². The van der Waals surface area contributed by atoms with Gasteiger partial charge in [0.15, 0.2) is 23.3 Å². The standard InChI is InChI=1S/C28H32F4O3/c1-15(33)19-6-7-20(25(30)24(19)29)18-4-2-16(3-5-18)17-10-12-28(34,13-11-17)22-9-8-21(23-14-35-23)26(31)27(22)32/h6-9,15-18,23,33-34H,2-5,10-14H2,1H3. The summed E-state index contributed by atoms with van der Waals surface area (Å²) in [6.45, 7) is 1.80. The van der Waals surface area contributed by atoms with E-state index in [4.69, 9.17) is 4.74 Å². The lowest BCUT2D eigenvalue weighted by Crippen LogP contribution is -2.35. The Kier molecular flexibility index (Phi) is 6.70. The number of aliphatic hydroxyl groups excluding tert-OH is 1. The lowest BCUT2D eigenvalue weighted by atomic mass is 9.66. The van der Waals surface area contributed by atoms with Crippen LogP contribution in [0.25, 0.3) is 0 Å². The summed E-state index contributed by atoms with van der Waals surface area (Å²) in [6.07, 6.45) is 3.98. The van der Waals surface area contributed by atoms with E-state index in [1.54, 1.807) is 6.07 Å². The van der Waals surface area contributed by atoms with Crippen molar-refractivity contribution in [2.75, 3.05) is 6.61 Å². The van der Waals surface area contributed by atoms with Crippen LogP contribution in [-0.2, 0) is 10.3 Å². The van der Waals surface area contributed by atoms with Gasteiger partial charge in [0.05, 0.1) is 18.3 Å². The van der Waals surface area contributed by atoms with Crippen molar-refractivity contribution in [3.63, 3.8) is 0 Å². The zero-order chi connectivity index (χ0) is 24.9. The zero-order valence-corrected chi connectivity index (χ0v) is 19.9. The largest absolute Gasteiger partial charge is 0.389 e. The molecule has 7 heteroatoms. The summed E-state index contributed by atoms with van der Waals surface area (Å²) >= 11 is 0. The van der Waals surface area contributed by atoms with Crippen molar-refractivity contribution in [1.82, 2.24) is 0 Å². The topological polar surface area (TPSA) is 53.0 Å². The molecular weight excluding hydrogens is 460 g/mol. The first-order valence-corrected chi connectivity index (χ1v) is 12.7. The van der Waals surface area contributed by atoms with Crippen molar-refractivity contribution in [3.05, 3.63) is 69.8 Å². The van der Waals surface area contributed by atoms with Crippen molar-refractivity contribution < 1.29 is 32.5 Å². The highest BCUT2D eigenvalue weighted by atomic mass is 19.2. The molecule has 3 aliphatic rings. The van der Waals surface area contributed by atoms with E-state index in [1.165, 1.54) is 25.1 Å². The molecule has 2 N–H and O–H groups in total. The molecule has 3 fully saturated rings. The lowest BCUT2D eigenvalue weighted by molar-refractivity contribution is -0.0283. The Morgan fingerprint density at radius 3 is 1.97 bits per heavy atom. The van der Waals surface area contributed by atoms with Crippen LogP contribution in [0.3, 0.4) is 0 Å². The molecule has 2 atom stereocenters. The Balaban J connectivity index is 1.20. The second-order valence-corrected chi connectivity index (χ2v) is 10.7. The molecule has 1 aliphatic heterocycles. The molecule has 1 heterocycles. The Labute approximate surface area is 203 Å². The fraction of sp³-hybridized carbons (Fsp3) is 0.571. The van der Waals surface area contributed by atoms with E-state index in [9.17, 15) is 27.8 Å². The molecule has 2 aliphatic carbocycles. The molecule has 1 saturated heterocycles. The number of hydrogen-bond donors (Lipinski definition) is 2. The SMILES string of the molecule is CC(O)c1ccc(C2CCC(C3CCC(O)(c4ccc(C5CO5)c(F)c4F)CC3)CC2)c(F)c1F. The second-order valence-electron chi connectivity index (χ2n) is 10.7. The van der Waals surface area contributed by atoms with Crippen molar-refractivity contribution in [2.45, 2.75) is 82.0 Å². The van der Waals surface area contributed by atoms with Gasteiger partial charge in [-0.1, -0.05) is 24.3 Å². The summed E-state index contributed by atoms with van der Waals surface area (Å²) in [5, 5.41) is 20.8. The minimum Gasteiger partial charge on any atom is -0.389 e. The van der Waals surface area contributed by atoms with Crippen LogP contribution in [0, 0.1) is 35.1 Å². The monoisotopic (exact) mass is 492 g/mol. The molecule has 2 aromatic carbocycles. The summed E-state index contributed by atoms with van der Waals surface area (Å²) in [5.41, 5.74) is -0.799. The normalized spacial score (nSPS) is 31.9. The third kappa shape index (κ3) is 4.63. The van der Waals surface area contributed by atoms with Gasteiger partial charge in [-0.3, -0.25) is 0 Å². The minimum atomic E-state index is -1.38. The lowest BCUT2D eigenvalue weighted by Gasteiger charge is -2.41. The molecule has 2 unspecified atom stereocenters. The molecule has 0 amide bonds. The van der Waals surface area contributed by atoms with E-state index in [-0.39, 0.29) is 28.7 Å². The highest BCUT2D eigenvalue weighted by Crippen LogP contribution is 2.48. The maximum absolute atomic E-state index is 14.8. The average molecular weight is 493 g/mol. The summed E-state index contributed by atoms with van der Waals surface area (Å²) in [6, 6.07) is 6.09. The Morgan fingerprint density at radius 2 is 1.37 bits per heavy atom. The molecular formula is C28H32F4O3. The third-order valence-electron chi connectivity index (χ3n) is 8.62. The summed E-state index contributed by atoms with van der Waals surface area (Å²) in [5.74, 6) is -3.01. The van der Waals surface area contributed by atoms with Gasteiger partial charge in [-0.2, -0.15) is 0 Å². The number of rotatable bonds is 5. The van der Waals surface area contributed by atoms with Crippen LogP contribution in [0.2, 0.25) is 0 Å². The van der Waals surface area contributed by atoms with E-state index < -0.39 is 35.0 Å². The van der Waals surface area contributed by atoms with Gasteiger partial charge in [-0.15, -0.1) is 0 Å². The predicted octanol–water partition coefficient (Wildman–Crippen LogP) is 6.72. The maximum atomic E-state index is 14.8. The minimum absolute atomic E-state index is 0.0264. The van der Waals surface area contributed by atoms with E-state index in [0.717, 1.165) is 25.7 Å². The van der Waals surface area contributed by atoms with E-state index >= 15 is 0 Å². The van der Waals surface area contributed by atoms with Crippen LogP contribution in [0.5, 0.6) is 0 Å². The van der Waals surface area contributed by atoms with Gasteiger partial charge in [-0.25, -0.2) is 17.6 Å². The molecule has 190 valence electrons. The molecule has 0 spiro atoms. The van der Waals surface area contributed by atoms with Gasteiger partial charge in [0.2, 0.25) is 0 Å². The molecule has 0 aromatic heterocycles. The van der Waals surface area contributed by atoms with Crippen LogP contribution in [0.15, 0.2) is 24.3 Å². The van der Waals surface area contributed by atoms with Crippen LogP contribution < -0.4 is 0 Å². The maximum Gasteiger partial charge on any atom is 0.165 e. The Hall–Kier alpha value is -1.96. The van der Waals surface area contributed by atoms with Crippen molar-refractivity contribution >= 4 is 0 Å². The summed E-state index contributed by atoms with van der Waals surface area (Å²) in [7, 11) is 0. The first-order chi connectivity index (χ1) is 16.7.